The summed E-state index contributed by atoms with van der Waals surface area (Å²) in [5.41, 5.74) is -1.23. The third-order valence-electron chi connectivity index (χ3n) is 2.35. The van der Waals surface area contributed by atoms with Gasteiger partial charge < -0.3 is 10.1 Å². The van der Waals surface area contributed by atoms with E-state index in [1.807, 2.05) is 0 Å². The number of ether oxygens (including phenoxy) is 1. The minimum absolute atomic E-state index is 0.0702. The summed E-state index contributed by atoms with van der Waals surface area (Å²) in [4.78, 5) is 11.7. The molecule has 0 unspecified atom stereocenters. The van der Waals surface area contributed by atoms with Crippen LogP contribution in [0.25, 0.3) is 0 Å². The molecule has 0 spiro atoms. The Balaban J connectivity index is 2.76. The highest BCUT2D eigenvalue weighted by Crippen LogP contribution is 2.34. The van der Waals surface area contributed by atoms with E-state index in [-0.39, 0.29) is 18.4 Å². The maximum atomic E-state index is 12.7. The van der Waals surface area contributed by atoms with Gasteiger partial charge in [-0.3, -0.25) is 4.79 Å². The molecule has 7 heteroatoms. The van der Waals surface area contributed by atoms with E-state index >= 15 is 0 Å². The molecule has 0 bridgehead atoms. The summed E-state index contributed by atoms with van der Waals surface area (Å²) in [6, 6.07) is 4.72. The van der Waals surface area contributed by atoms with Crippen LogP contribution in [0.15, 0.2) is 24.3 Å². The van der Waals surface area contributed by atoms with Gasteiger partial charge in [0, 0.05) is 0 Å². The van der Waals surface area contributed by atoms with Crippen LogP contribution in [0, 0.1) is 0 Å². The molecule has 20 heavy (non-hydrogen) atoms. The van der Waals surface area contributed by atoms with E-state index in [2.05, 4.69) is 5.32 Å². The molecule has 1 amide bonds. The average molecular weight is 310 g/mol. The van der Waals surface area contributed by atoms with Crippen molar-refractivity contribution in [2.45, 2.75) is 31.5 Å². The molecule has 1 atom stereocenters. The molecule has 0 radical (unpaired) electrons. The van der Waals surface area contributed by atoms with Crippen molar-refractivity contribution in [3.8, 4) is 0 Å². The minimum atomic E-state index is -4.54. The number of nitrogens with one attached hydrogen (secondary N) is 1. The molecule has 1 rings (SSSR count). The molecule has 0 aliphatic heterocycles. The summed E-state index contributed by atoms with van der Waals surface area (Å²) < 4.78 is 43.4. The molecule has 0 fully saturated rings. The van der Waals surface area contributed by atoms with Crippen LogP contribution in [0.5, 0.6) is 0 Å². The normalized spacial score (nSPS) is 13.3. The van der Waals surface area contributed by atoms with Crippen LogP contribution in [0.2, 0.25) is 0 Å². The Hall–Kier alpha value is -1.27. The van der Waals surface area contributed by atoms with Crippen LogP contribution in [0.1, 0.15) is 19.4 Å². The number of amides is 1. The molecular formula is C13H15ClF3NO2. The molecule has 0 aromatic heterocycles. The first-order valence-corrected chi connectivity index (χ1v) is 6.38. The molecule has 1 aromatic carbocycles. The predicted octanol–water partition coefficient (Wildman–Crippen LogP) is 3.68. The second-order valence-corrected chi connectivity index (χ2v) is 4.91. The van der Waals surface area contributed by atoms with Gasteiger partial charge in [0.05, 0.1) is 24.0 Å². The maximum absolute atomic E-state index is 12.7. The molecule has 0 heterocycles. The van der Waals surface area contributed by atoms with Crippen molar-refractivity contribution in [2.75, 3.05) is 11.9 Å². The number of carbonyl (C=O) groups is 1. The number of benzene rings is 1. The highest BCUT2D eigenvalue weighted by atomic mass is 35.5. The first kappa shape index (κ1) is 16.8. The molecule has 1 N–H and O–H groups in total. The van der Waals surface area contributed by atoms with Gasteiger partial charge >= 0.3 is 6.18 Å². The summed E-state index contributed by atoms with van der Waals surface area (Å²) in [7, 11) is 0. The third-order valence-corrected chi connectivity index (χ3v) is 2.67. The van der Waals surface area contributed by atoms with Gasteiger partial charge in [0.15, 0.2) is 0 Å². The lowest BCUT2D eigenvalue weighted by Crippen LogP contribution is -2.29. The minimum Gasteiger partial charge on any atom is -0.377 e. The molecule has 0 aliphatic carbocycles. The van der Waals surface area contributed by atoms with Crippen LogP contribution in [-0.4, -0.2) is 24.0 Å². The zero-order valence-electron chi connectivity index (χ0n) is 11.0. The topological polar surface area (TPSA) is 38.3 Å². The zero-order chi connectivity index (χ0) is 15.3. The van der Waals surface area contributed by atoms with Gasteiger partial charge in [-0.2, -0.15) is 13.2 Å². The van der Waals surface area contributed by atoms with E-state index in [4.69, 9.17) is 16.3 Å². The van der Waals surface area contributed by atoms with Crippen LogP contribution in [-0.2, 0) is 15.7 Å². The average Bonchev–Trinajstić information content (AvgIpc) is 2.35. The van der Waals surface area contributed by atoms with Gasteiger partial charge in [-0.25, -0.2) is 0 Å². The largest absolute Gasteiger partial charge is 0.418 e. The number of hydrogen-bond acceptors (Lipinski definition) is 2. The number of anilines is 1. The van der Waals surface area contributed by atoms with Crippen molar-refractivity contribution in [1.82, 2.24) is 0 Å². The van der Waals surface area contributed by atoms with Crippen molar-refractivity contribution in [3.63, 3.8) is 0 Å². The molecule has 3 nitrogen and oxygen atoms in total. The zero-order valence-corrected chi connectivity index (χ0v) is 11.8. The number of rotatable bonds is 5. The fourth-order valence-corrected chi connectivity index (χ4v) is 1.53. The highest BCUT2D eigenvalue weighted by molar-refractivity contribution is 6.32. The number of carbonyl (C=O) groups excluding carboxylic acids is 1. The molecular weight excluding hydrogens is 295 g/mol. The summed E-state index contributed by atoms with van der Waals surface area (Å²) in [5.74, 6) is -0.732. The van der Waals surface area contributed by atoms with Gasteiger partial charge in [-0.15, -0.1) is 11.6 Å². The van der Waals surface area contributed by atoms with E-state index in [1.165, 1.54) is 18.2 Å². The Kier molecular flexibility index (Phi) is 5.83. The maximum Gasteiger partial charge on any atom is 0.418 e. The second kappa shape index (κ2) is 6.95. The number of hydrogen-bond donors (Lipinski definition) is 1. The fourth-order valence-electron chi connectivity index (χ4n) is 1.40. The lowest BCUT2D eigenvalue weighted by atomic mass is 10.1. The van der Waals surface area contributed by atoms with Gasteiger partial charge in [0.25, 0.3) is 0 Å². The SMILES string of the molecule is CC(C)OC[C@@H](Cl)C(=O)Nc1ccccc1C(F)(F)F. The number of alkyl halides is 4. The predicted molar refractivity (Wildman–Crippen MR) is 70.8 cm³/mol. The Morgan fingerprint density at radius 3 is 2.50 bits per heavy atom. The summed E-state index contributed by atoms with van der Waals surface area (Å²) in [5, 5.41) is 1.11. The molecule has 112 valence electrons. The van der Waals surface area contributed by atoms with Crippen molar-refractivity contribution in [1.29, 1.82) is 0 Å². The lowest BCUT2D eigenvalue weighted by Gasteiger charge is -2.16. The molecule has 1 aromatic rings. The van der Waals surface area contributed by atoms with E-state index in [9.17, 15) is 18.0 Å². The second-order valence-electron chi connectivity index (χ2n) is 4.38. The molecule has 0 saturated heterocycles. The molecule has 0 saturated carbocycles. The molecule has 0 aliphatic rings. The van der Waals surface area contributed by atoms with Crippen LogP contribution < -0.4 is 5.32 Å². The third kappa shape index (κ3) is 5.02. The lowest BCUT2D eigenvalue weighted by molar-refractivity contribution is -0.137. The number of halogens is 4. The van der Waals surface area contributed by atoms with Gasteiger partial charge in [0.2, 0.25) is 5.91 Å². The summed E-state index contributed by atoms with van der Waals surface area (Å²) in [6.07, 6.45) is -4.66. The first-order valence-electron chi connectivity index (χ1n) is 5.94. The van der Waals surface area contributed by atoms with Gasteiger partial charge in [-0.05, 0) is 26.0 Å². The monoisotopic (exact) mass is 309 g/mol. The summed E-state index contributed by atoms with van der Waals surface area (Å²) in [6.45, 7) is 3.46. The van der Waals surface area contributed by atoms with E-state index in [0.29, 0.717) is 0 Å². The highest BCUT2D eigenvalue weighted by Gasteiger charge is 2.34. The smallest absolute Gasteiger partial charge is 0.377 e. The van der Waals surface area contributed by atoms with Gasteiger partial charge in [-0.1, -0.05) is 12.1 Å². The number of para-hydroxylation sites is 1. The van der Waals surface area contributed by atoms with Crippen LogP contribution >= 0.6 is 11.6 Å². The Morgan fingerprint density at radius 1 is 1.35 bits per heavy atom. The van der Waals surface area contributed by atoms with E-state index in [0.717, 1.165) is 6.07 Å². The standard InChI is InChI=1S/C13H15ClF3NO2/c1-8(2)20-7-10(14)12(19)18-11-6-4-3-5-9(11)13(15,16)17/h3-6,8,10H,7H2,1-2H3,(H,18,19)/t10-/m1/s1. The van der Waals surface area contributed by atoms with Gasteiger partial charge in [0.1, 0.15) is 5.38 Å². The quantitative estimate of drug-likeness (QED) is 0.843. The Labute approximate surface area is 120 Å². The van der Waals surface area contributed by atoms with Crippen LogP contribution in [0.3, 0.4) is 0 Å². The summed E-state index contributed by atoms with van der Waals surface area (Å²) >= 11 is 5.77. The van der Waals surface area contributed by atoms with Crippen LogP contribution in [0.4, 0.5) is 18.9 Å². The van der Waals surface area contributed by atoms with Crippen molar-refractivity contribution in [2.24, 2.45) is 0 Å². The Morgan fingerprint density at radius 2 is 1.95 bits per heavy atom. The fraction of sp³-hybridized carbons (Fsp3) is 0.462. The first-order chi connectivity index (χ1) is 9.21. The van der Waals surface area contributed by atoms with E-state index < -0.39 is 23.0 Å². The van der Waals surface area contributed by atoms with E-state index in [1.54, 1.807) is 13.8 Å². The van der Waals surface area contributed by atoms with Crippen molar-refractivity contribution in [3.05, 3.63) is 29.8 Å². The Bertz CT molecular complexity index is 463. The van der Waals surface area contributed by atoms with Crippen molar-refractivity contribution >= 4 is 23.2 Å². The van der Waals surface area contributed by atoms with Crippen molar-refractivity contribution < 1.29 is 22.7 Å².